The minimum Gasteiger partial charge on any atom is -0.333 e. The second-order valence-corrected chi connectivity index (χ2v) is 8.07. The summed E-state index contributed by atoms with van der Waals surface area (Å²) in [5, 5.41) is 4.08. The van der Waals surface area contributed by atoms with Gasteiger partial charge in [0.25, 0.3) is 11.5 Å². The van der Waals surface area contributed by atoms with Gasteiger partial charge < -0.3 is 19.6 Å². The molecule has 158 valence electrons. The van der Waals surface area contributed by atoms with Crippen molar-refractivity contribution in [3.05, 3.63) is 86.6 Å². The third kappa shape index (κ3) is 3.19. The van der Waals surface area contributed by atoms with E-state index in [-0.39, 0.29) is 11.3 Å². The highest BCUT2D eigenvalue weighted by Crippen LogP contribution is 2.32. The Balaban J connectivity index is 1.61. The van der Waals surface area contributed by atoms with E-state index in [0.29, 0.717) is 40.3 Å². The first-order chi connectivity index (χ1) is 14.8. The zero-order valence-corrected chi connectivity index (χ0v) is 17.1. The summed E-state index contributed by atoms with van der Waals surface area (Å²) in [6.07, 6.45) is 3.40. The van der Waals surface area contributed by atoms with Crippen molar-refractivity contribution in [2.24, 2.45) is 0 Å². The lowest BCUT2D eigenvalue weighted by atomic mass is 9.93. The number of amides is 1. The number of likely N-dealkylation sites (N-methyl/N-ethyl adjacent to an activating group) is 1. The lowest BCUT2D eigenvalue weighted by Gasteiger charge is -2.34. The summed E-state index contributed by atoms with van der Waals surface area (Å²) < 4.78 is 29.6. The van der Waals surface area contributed by atoms with Crippen LogP contribution in [0.25, 0.3) is 16.3 Å². The molecule has 0 unspecified atom stereocenters. The van der Waals surface area contributed by atoms with Gasteiger partial charge in [-0.25, -0.2) is 8.78 Å². The number of carbonyl (C=O) groups excluding carboxylic acids is 1. The van der Waals surface area contributed by atoms with Crippen LogP contribution in [0.15, 0.2) is 47.5 Å². The Morgan fingerprint density at radius 3 is 2.68 bits per heavy atom. The first-order valence-corrected chi connectivity index (χ1v) is 10.00. The first kappa shape index (κ1) is 19.7. The van der Waals surface area contributed by atoms with E-state index in [1.54, 1.807) is 40.9 Å². The number of halogens is 3. The van der Waals surface area contributed by atoms with Gasteiger partial charge >= 0.3 is 0 Å². The Morgan fingerprint density at radius 1 is 1.16 bits per heavy atom. The van der Waals surface area contributed by atoms with Gasteiger partial charge in [0.05, 0.1) is 22.0 Å². The maximum atomic E-state index is 14.1. The molecule has 0 spiro atoms. The third-order valence-corrected chi connectivity index (χ3v) is 5.97. The van der Waals surface area contributed by atoms with Crippen LogP contribution >= 0.6 is 11.6 Å². The summed E-state index contributed by atoms with van der Waals surface area (Å²) in [5.74, 6) is -2.38. The minimum absolute atomic E-state index is 0.0506. The van der Waals surface area contributed by atoms with Crippen molar-refractivity contribution < 1.29 is 13.6 Å². The van der Waals surface area contributed by atoms with Crippen LogP contribution in [0.1, 0.15) is 27.7 Å². The molecule has 0 saturated heterocycles. The van der Waals surface area contributed by atoms with Gasteiger partial charge in [-0.2, -0.15) is 0 Å². The van der Waals surface area contributed by atoms with E-state index in [4.69, 9.17) is 11.6 Å². The number of aromatic amines is 1. The largest absolute Gasteiger partial charge is 0.333 e. The maximum Gasteiger partial charge on any atom is 0.256 e. The van der Waals surface area contributed by atoms with Crippen LogP contribution in [-0.2, 0) is 6.54 Å². The van der Waals surface area contributed by atoms with Gasteiger partial charge in [0, 0.05) is 49.3 Å². The van der Waals surface area contributed by atoms with Crippen molar-refractivity contribution in [2.45, 2.75) is 12.6 Å². The number of hydrogen-bond donors (Lipinski definition) is 2. The number of nitrogens with zero attached hydrogens (tertiary/aromatic N) is 2. The van der Waals surface area contributed by atoms with Crippen LogP contribution in [0.3, 0.4) is 0 Å². The van der Waals surface area contributed by atoms with E-state index in [2.05, 4.69) is 10.3 Å². The quantitative estimate of drug-likeness (QED) is 0.498. The molecule has 0 radical (unpaired) electrons. The zero-order chi connectivity index (χ0) is 21.9. The van der Waals surface area contributed by atoms with Crippen molar-refractivity contribution in [2.75, 3.05) is 13.6 Å². The average Bonchev–Trinajstić information content (AvgIpc) is 3.17. The Hall–Kier alpha value is -3.23. The second-order valence-electron chi connectivity index (χ2n) is 7.63. The normalized spacial score (nSPS) is 15.9. The van der Waals surface area contributed by atoms with Gasteiger partial charge in [-0.1, -0.05) is 11.6 Å². The molecule has 9 heteroatoms. The minimum atomic E-state index is -1.09. The summed E-state index contributed by atoms with van der Waals surface area (Å²) >= 11 is 6.03. The molecule has 0 saturated carbocycles. The fourth-order valence-corrected chi connectivity index (χ4v) is 4.39. The molecule has 0 fully saturated rings. The van der Waals surface area contributed by atoms with Crippen molar-refractivity contribution in [3.63, 3.8) is 0 Å². The van der Waals surface area contributed by atoms with E-state index in [0.717, 1.165) is 17.6 Å². The Morgan fingerprint density at radius 2 is 1.90 bits per heavy atom. The molecule has 1 atom stereocenters. The van der Waals surface area contributed by atoms with Crippen molar-refractivity contribution in [1.29, 1.82) is 0 Å². The van der Waals surface area contributed by atoms with E-state index in [1.807, 2.05) is 6.07 Å². The van der Waals surface area contributed by atoms with Crippen LogP contribution in [0.4, 0.5) is 8.78 Å². The first-order valence-electron chi connectivity index (χ1n) is 9.62. The predicted molar refractivity (Wildman–Crippen MR) is 113 cm³/mol. The lowest BCUT2D eigenvalue weighted by molar-refractivity contribution is 0.0723. The zero-order valence-electron chi connectivity index (χ0n) is 16.4. The number of aromatic nitrogens is 2. The molecule has 1 aromatic carbocycles. The van der Waals surface area contributed by atoms with Gasteiger partial charge in [0.1, 0.15) is 0 Å². The highest BCUT2D eigenvalue weighted by atomic mass is 35.5. The molecule has 1 aliphatic heterocycles. The molecule has 2 N–H and O–H groups in total. The molecule has 5 rings (SSSR count). The smallest absolute Gasteiger partial charge is 0.256 e. The van der Waals surface area contributed by atoms with Crippen LogP contribution in [0.5, 0.6) is 0 Å². The SMILES string of the molecule is CN(C(=O)c1cc2ccc(Cl)cn2c1)[C@H]1CNCc2[nH]c(=O)c3cc(F)c(F)cc3c21. The number of carbonyl (C=O) groups is 1. The topological polar surface area (TPSA) is 69.6 Å². The van der Waals surface area contributed by atoms with Crippen molar-refractivity contribution >= 4 is 33.8 Å². The molecule has 4 aromatic rings. The average molecular weight is 443 g/mol. The molecule has 1 aliphatic rings. The third-order valence-electron chi connectivity index (χ3n) is 5.75. The molecule has 0 aliphatic carbocycles. The number of benzene rings is 1. The highest BCUT2D eigenvalue weighted by Gasteiger charge is 2.31. The molecule has 4 heterocycles. The number of rotatable bonds is 2. The van der Waals surface area contributed by atoms with Gasteiger partial charge in [0.15, 0.2) is 11.6 Å². The molecular formula is C22H17ClF2N4O2. The maximum absolute atomic E-state index is 14.1. The van der Waals surface area contributed by atoms with E-state index in [1.165, 1.54) is 0 Å². The molecule has 0 bridgehead atoms. The summed E-state index contributed by atoms with van der Waals surface area (Å²) in [6.45, 7) is 0.751. The summed E-state index contributed by atoms with van der Waals surface area (Å²) in [6, 6.07) is 6.75. The molecule has 1 amide bonds. The lowest BCUT2D eigenvalue weighted by Crippen LogP contribution is -2.42. The fraction of sp³-hybridized carbons (Fsp3) is 0.182. The Bertz CT molecular complexity index is 1430. The molecule has 31 heavy (non-hydrogen) atoms. The fourth-order valence-electron chi connectivity index (χ4n) is 4.22. The molecular weight excluding hydrogens is 426 g/mol. The molecule has 6 nitrogen and oxygen atoms in total. The van der Waals surface area contributed by atoms with E-state index >= 15 is 0 Å². The number of hydrogen-bond acceptors (Lipinski definition) is 3. The summed E-state index contributed by atoms with van der Waals surface area (Å²) in [7, 11) is 1.65. The number of fused-ring (bicyclic) bond motifs is 4. The van der Waals surface area contributed by atoms with Gasteiger partial charge in [0.2, 0.25) is 0 Å². The number of H-pyrrole nitrogens is 1. The monoisotopic (exact) mass is 442 g/mol. The van der Waals surface area contributed by atoms with E-state index in [9.17, 15) is 18.4 Å². The van der Waals surface area contributed by atoms with Crippen LogP contribution in [-0.4, -0.2) is 33.8 Å². The molecule has 3 aromatic heterocycles. The second kappa shape index (κ2) is 7.18. The highest BCUT2D eigenvalue weighted by molar-refractivity contribution is 6.30. The van der Waals surface area contributed by atoms with Gasteiger partial charge in [-0.3, -0.25) is 9.59 Å². The Labute approximate surface area is 180 Å². The van der Waals surface area contributed by atoms with E-state index < -0.39 is 23.2 Å². The predicted octanol–water partition coefficient (Wildman–Crippen LogP) is 3.63. The summed E-state index contributed by atoms with van der Waals surface area (Å²) in [4.78, 5) is 30.0. The van der Waals surface area contributed by atoms with Crippen LogP contribution in [0.2, 0.25) is 5.02 Å². The summed E-state index contributed by atoms with van der Waals surface area (Å²) in [5.41, 5.74) is 1.93. The van der Waals surface area contributed by atoms with Crippen molar-refractivity contribution in [1.82, 2.24) is 19.6 Å². The van der Waals surface area contributed by atoms with Gasteiger partial charge in [-0.05, 0) is 35.7 Å². The van der Waals surface area contributed by atoms with Crippen LogP contribution in [0, 0.1) is 11.6 Å². The Kier molecular flexibility index (Phi) is 4.56. The van der Waals surface area contributed by atoms with Crippen LogP contribution < -0.4 is 10.9 Å². The standard InChI is InChI=1S/C22H17ClF2N4O2/c1-28(22(31)11-4-13-3-2-12(23)10-29(13)9-11)19-8-26-7-18-20(19)14-5-16(24)17(25)6-15(14)21(30)27-18/h2-6,9-10,19,26H,7-8H2,1H3,(H,27,30)/t19-/m0/s1. The van der Waals surface area contributed by atoms with Gasteiger partial charge in [-0.15, -0.1) is 0 Å². The number of pyridine rings is 2. The van der Waals surface area contributed by atoms with Crippen molar-refractivity contribution in [3.8, 4) is 0 Å². The number of nitrogens with one attached hydrogen (secondary N) is 2.